The largest absolute Gasteiger partial charge is 0.377 e. The topological polar surface area (TPSA) is 56.7 Å². The Morgan fingerprint density at radius 1 is 1.53 bits per heavy atom. The van der Waals surface area contributed by atoms with Crippen molar-refractivity contribution in [1.82, 2.24) is 9.36 Å². The Kier molecular flexibility index (Phi) is 4.66. The van der Waals surface area contributed by atoms with Gasteiger partial charge in [0.05, 0.1) is 25.9 Å². The van der Waals surface area contributed by atoms with Crippen molar-refractivity contribution in [3.8, 4) is 0 Å². The average molecular weight is 259 g/mol. The van der Waals surface area contributed by atoms with Gasteiger partial charge >= 0.3 is 0 Å². The Labute approximate surface area is 105 Å². The molecule has 17 heavy (non-hydrogen) atoms. The fraction of sp³-hybridized carbons (Fsp3) is 0.800. The zero-order valence-corrected chi connectivity index (χ0v) is 10.9. The van der Waals surface area contributed by atoms with E-state index in [1.54, 1.807) is 7.11 Å². The number of nitrogens with zero attached hydrogens (tertiary/aromatic N) is 3. The van der Waals surface area contributed by atoms with Crippen molar-refractivity contribution in [2.24, 2.45) is 0 Å². The van der Waals surface area contributed by atoms with Crippen LogP contribution in [0.1, 0.15) is 5.82 Å². The average Bonchev–Trinajstić information content (AvgIpc) is 2.79. The Hall–Kier alpha value is -0.760. The summed E-state index contributed by atoms with van der Waals surface area (Å²) in [5.74, 6) is 0.722. The molecule has 6 nitrogen and oxygen atoms in total. The third-order valence-electron chi connectivity index (χ3n) is 2.42. The lowest BCUT2D eigenvalue weighted by Gasteiger charge is -2.26. The molecule has 0 bridgehead atoms. The number of hydrogen-bond donors (Lipinski definition) is 0. The van der Waals surface area contributed by atoms with Gasteiger partial charge in [0.15, 0.2) is 5.82 Å². The molecule has 0 radical (unpaired) electrons. The van der Waals surface area contributed by atoms with Gasteiger partial charge in [-0.15, -0.1) is 0 Å². The Bertz CT molecular complexity index is 341. The lowest BCUT2D eigenvalue weighted by atomic mass is 10.3. The monoisotopic (exact) mass is 259 g/mol. The zero-order chi connectivity index (χ0) is 12.1. The summed E-state index contributed by atoms with van der Waals surface area (Å²) in [6.45, 7) is 3.23. The summed E-state index contributed by atoms with van der Waals surface area (Å²) in [4.78, 5) is 6.42. The minimum absolute atomic E-state index is 0.114. The van der Waals surface area contributed by atoms with Crippen molar-refractivity contribution >= 4 is 16.7 Å². The molecule has 2 rings (SSSR count). The third kappa shape index (κ3) is 3.60. The fourth-order valence-electron chi connectivity index (χ4n) is 1.61. The van der Waals surface area contributed by atoms with Gasteiger partial charge in [0.25, 0.3) is 0 Å². The van der Waals surface area contributed by atoms with Crippen LogP contribution in [0.4, 0.5) is 5.13 Å². The van der Waals surface area contributed by atoms with E-state index in [4.69, 9.17) is 14.2 Å². The Morgan fingerprint density at radius 3 is 3.12 bits per heavy atom. The summed E-state index contributed by atoms with van der Waals surface area (Å²) >= 11 is 1.37. The van der Waals surface area contributed by atoms with Crippen LogP contribution in [0.2, 0.25) is 0 Å². The van der Waals surface area contributed by atoms with Crippen LogP contribution < -0.4 is 4.90 Å². The number of anilines is 1. The van der Waals surface area contributed by atoms with Crippen molar-refractivity contribution in [2.75, 3.05) is 45.4 Å². The first-order chi connectivity index (χ1) is 8.29. The molecule has 0 saturated carbocycles. The second-order valence-electron chi connectivity index (χ2n) is 3.87. The molecule has 0 amide bonds. The van der Waals surface area contributed by atoms with E-state index in [1.165, 1.54) is 11.5 Å². The Morgan fingerprint density at radius 2 is 2.41 bits per heavy atom. The predicted octanol–water partition coefficient (Wildman–Crippen LogP) is 0.536. The summed E-state index contributed by atoms with van der Waals surface area (Å²) in [6, 6.07) is 0. The molecule has 1 saturated heterocycles. The van der Waals surface area contributed by atoms with E-state index < -0.39 is 0 Å². The van der Waals surface area contributed by atoms with Gasteiger partial charge in [-0.2, -0.15) is 4.37 Å². The quantitative estimate of drug-likeness (QED) is 0.769. The molecular weight excluding hydrogens is 242 g/mol. The first-order valence-corrected chi connectivity index (χ1v) is 6.29. The molecule has 0 N–H and O–H groups in total. The van der Waals surface area contributed by atoms with E-state index in [2.05, 4.69) is 9.36 Å². The van der Waals surface area contributed by atoms with Crippen LogP contribution in [-0.4, -0.2) is 56.0 Å². The van der Waals surface area contributed by atoms with Crippen molar-refractivity contribution in [2.45, 2.75) is 12.7 Å². The molecule has 7 heteroatoms. The third-order valence-corrected chi connectivity index (χ3v) is 3.29. The Balaban J connectivity index is 1.86. The van der Waals surface area contributed by atoms with Crippen LogP contribution >= 0.6 is 11.5 Å². The normalized spacial score (nSPS) is 20.5. The fourth-order valence-corrected chi connectivity index (χ4v) is 2.25. The summed E-state index contributed by atoms with van der Waals surface area (Å²) in [5.41, 5.74) is 0. The molecular formula is C10H17N3O3S. The maximum Gasteiger partial charge on any atom is 0.205 e. The molecule has 1 aliphatic rings. The highest BCUT2D eigenvalue weighted by Gasteiger charge is 2.18. The second-order valence-corrected chi connectivity index (χ2v) is 4.60. The molecule has 1 atom stereocenters. The summed E-state index contributed by atoms with van der Waals surface area (Å²) in [7, 11) is 3.62. The van der Waals surface area contributed by atoms with E-state index >= 15 is 0 Å². The number of methoxy groups -OCH3 is 1. The van der Waals surface area contributed by atoms with Crippen LogP contribution in [0.15, 0.2) is 0 Å². The van der Waals surface area contributed by atoms with Crippen molar-refractivity contribution in [3.05, 3.63) is 5.82 Å². The van der Waals surface area contributed by atoms with E-state index in [1.807, 2.05) is 11.9 Å². The van der Waals surface area contributed by atoms with E-state index in [9.17, 15) is 0 Å². The number of hydrogen-bond acceptors (Lipinski definition) is 7. The van der Waals surface area contributed by atoms with Gasteiger partial charge in [-0.05, 0) is 0 Å². The van der Waals surface area contributed by atoms with Gasteiger partial charge < -0.3 is 19.1 Å². The molecule has 1 aliphatic heterocycles. The minimum Gasteiger partial charge on any atom is -0.377 e. The number of aromatic nitrogens is 2. The van der Waals surface area contributed by atoms with Crippen LogP contribution in [0.3, 0.4) is 0 Å². The number of likely N-dealkylation sites (N-methyl/N-ethyl adjacent to an activating group) is 1. The summed E-state index contributed by atoms with van der Waals surface area (Å²) in [6.07, 6.45) is 0.114. The molecule has 1 aromatic rings. The molecule has 2 heterocycles. The molecule has 96 valence electrons. The lowest BCUT2D eigenvalue weighted by Crippen LogP contribution is -2.38. The summed E-state index contributed by atoms with van der Waals surface area (Å²) < 4.78 is 20.1. The van der Waals surface area contributed by atoms with Crippen LogP contribution in [0, 0.1) is 0 Å². The number of rotatable bonds is 5. The number of ether oxygens (including phenoxy) is 3. The highest BCUT2D eigenvalue weighted by molar-refractivity contribution is 7.09. The second kappa shape index (κ2) is 6.25. The summed E-state index contributed by atoms with van der Waals surface area (Å²) in [5, 5.41) is 0.881. The molecule has 0 aromatic carbocycles. The van der Waals surface area contributed by atoms with Crippen LogP contribution in [0.5, 0.6) is 0 Å². The maximum atomic E-state index is 5.59. The van der Waals surface area contributed by atoms with Gasteiger partial charge in [-0.25, -0.2) is 4.98 Å². The maximum absolute atomic E-state index is 5.59. The zero-order valence-electron chi connectivity index (χ0n) is 10.1. The molecule has 0 spiro atoms. The standard InChI is InChI=1S/C10H17N3O3S/c1-13(5-8-6-15-3-4-16-8)10-11-9(7-14-2)12-17-10/h8H,3-7H2,1-2H3. The molecule has 1 unspecified atom stereocenters. The molecule has 1 aromatic heterocycles. The van der Waals surface area contributed by atoms with Crippen LogP contribution in [-0.2, 0) is 20.8 Å². The SMILES string of the molecule is COCc1nsc(N(C)CC2COCCO2)n1. The van der Waals surface area contributed by atoms with E-state index in [-0.39, 0.29) is 6.10 Å². The van der Waals surface area contributed by atoms with Crippen molar-refractivity contribution < 1.29 is 14.2 Å². The van der Waals surface area contributed by atoms with Crippen LogP contribution in [0.25, 0.3) is 0 Å². The minimum atomic E-state index is 0.114. The van der Waals surface area contributed by atoms with Gasteiger partial charge in [0, 0.05) is 32.2 Å². The lowest BCUT2D eigenvalue weighted by molar-refractivity contribution is -0.0837. The smallest absolute Gasteiger partial charge is 0.205 e. The highest BCUT2D eigenvalue weighted by atomic mass is 32.1. The van der Waals surface area contributed by atoms with Gasteiger partial charge in [-0.3, -0.25) is 0 Å². The highest BCUT2D eigenvalue weighted by Crippen LogP contribution is 2.17. The van der Waals surface area contributed by atoms with E-state index in [0.29, 0.717) is 26.4 Å². The van der Waals surface area contributed by atoms with Gasteiger partial charge in [-0.1, -0.05) is 0 Å². The van der Waals surface area contributed by atoms with Crippen molar-refractivity contribution in [1.29, 1.82) is 0 Å². The van der Waals surface area contributed by atoms with Gasteiger partial charge in [0.2, 0.25) is 5.13 Å². The predicted molar refractivity (Wildman–Crippen MR) is 64.5 cm³/mol. The first kappa shape index (κ1) is 12.7. The van der Waals surface area contributed by atoms with Gasteiger partial charge in [0.1, 0.15) is 6.61 Å². The first-order valence-electron chi connectivity index (χ1n) is 5.51. The van der Waals surface area contributed by atoms with Crippen molar-refractivity contribution in [3.63, 3.8) is 0 Å². The van der Waals surface area contributed by atoms with E-state index in [0.717, 1.165) is 17.5 Å². The molecule has 0 aliphatic carbocycles. The molecule has 1 fully saturated rings.